The van der Waals surface area contributed by atoms with E-state index in [1.807, 2.05) is 6.07 Å². The summed E-state index contributed by atoms with van der Waals surface area (Å²) in [6, 6.07) is 5.63. The zero-order chi connectivity index (χ0) is 13.8. The van der Waals surface area contributed by atoms with Crippen LogP contribution in [0.25, 0.3) is 0 Å². The molecule has 19 heavy (non-hydrogen) atoms. The lowest BCUT2D eigenvalue weighted by molar-refractivity contribution is 0.0669. The van der Waals surface area contributed by atoms with Gasteiger partial charge < -0.3 is 15.8 Å². The molecule has 0 heterocycles. The van der Waals surface area contributed by atoms with Crippen LogP contribution < -0.4 is 11.1 Å². The highest BCUT2D eigenvalue weighted by Gasteiger charge is 2.21. The van der Waals surface area contributed by atoms with Gasteiger partial charge >= 0.3 is 0 Å². The van der Waals surface area contributed by atoms with Gasteiger partial charge in [0.15, 0.2) is 0 Å². The van der Waals surface area contributed by atoms with E-state index in [1.165, 1.54) is 0 Å². The molecule has 1 saturated carbocycles. The van der Waals surface area contributed by atoms with Crippen LogP contribution in [0, 0.1) is 0 Å². The number of nitrogens with two attached hydrogens (primary N) is 1. The summed E-state index contributed by atoms with van der Waals surface area (Å²) in [5.41, 5.74) is 6.52. The molecular formula is C14H19ClN2O2. The quantitative estimate of drug-likeness (QED) is 0.892. The predicted molar refractivity (Wildman–Crippen MR) is 76.6 cm³/mol. The van der Waals surface area contributed by atoms with E-state index in [0.717, 1.165) is 31.4 Å². The molecule has 1 aromatic rings. The van der Waals surface area contributed by atoms with Crippen molar-refractivity contribution >= 4 is 23.2 Å². The van der Waals surface area contributed by atoms with Crippen LogP contribution in [0.15, 0.2) is 18.2 Å². The molecule has 0 saturated heterocycles. The lowest BCUT2D eigenvalue weighted by atomic mass is 9.92. The summed E-state index contributed by atoms with van der Waals surface area (Å²) in [4.78, 5) is 11.3. The molecule has 3 N–H and O–H groups in total. The van der Waals surface area contributed by atoms with E-state index in [-0.39, 0.29) is 0 Å². The first-order chi connectivity index (χ1) is 9.10. The van der Waals surface area contributed by atoms with Crippen LogP contribution in [-0.2, 0) is 4.74 Å². The van der Waals surface area contributed by atoms with Crippen LogP contribution in [0.3, 0.4) is 0 Å². The van der Waals surface area contributed by atoms with Gasteiger partial charge in [0.25, 0.3) is 0 Å². The first-order valence-electron chi connectivity index (χ1n) is 6.49. The smallest absolute Gasteiger partial charge is 0.250 e. The highest BCUT2D eigenvalue weighted by molar-refractivity contribution is 6.33. The van der Waals surface area contributed by atoms with E-state index in [0.29, 0.717) is 22.7 Å². The van der Waals surface area contributed by atoms with Crippen LogP contribution in [0.2, 0.25) is 5.02 Å². The fraction of sp³-hybridized carbons (Fsp3) is 0.500. The molecule has 0 bridgehead atoms. The summed E-state index contributed by atoms with van der Waals surface area (Å²) >= 11 is 5.93. The second kappa shape index (κ2) is 6.26. The van der Waals surface area contributed by atoms with E-state index in [1.54, 1.807) is 19.2 Å². The molecule has 2 atom stereocenters. The Bertz CT molecular complexity index is 465. The van der Waals surface area contributed by atoms with Crippen molar-refractivity contribution in [2.75, 3.05) is 12.4 Å². The summed E-state index contributed by atoms with van der Waals surface area (Å²) < 4.78 is 5.40. The number of nitrogens with one attached hydrogen (secondary N) is 1. The normalized spacial score (nSPS) is 23.1. The number of rotatable bonds is 4. The van der Waals surface area contributed by atoms with E-state index < -0.39 is 5.91 Å². The molecule has 104 valence electrons. The Morgan fingerprint density at radius 2 is 2.26 bits per heavy atom. The molecule has 1 aliphatic rings. The Labute approximate surface area is 118 Å². The van der Waals surface area contributed by atoms with Gasteiger partial charge in [0.1, 0.15) is 0 Å². The van der Waals surface area contributed by atoms with Crippen molar-refractivity contribution in [2.24, 2.45) is 5.73 Å². The van der Waals surface area contributed by atoms with Crippen molar-refractivity contribution in [3.8, 4) is 0 Å². The number of ether oxygens (including phenoxy) is 1. The zero-order valence-electron chi connectivity index (χ0n) is 11.0. The molecule has 1 aromatic carbocycles. The van der Waals surface area contributed by atoms with Gasteiger partial charge in [-0.25, -0.2) is 0 Å². The highest BCUT2D eigenvalue weighted by atomic mass is 35.5. The summed E-state index contributed by atoms with van der Waals surface area (Å²) in [7, 11) is 1.75. The number of halogens is 1. The Kier molecular flexibility index (Phi) is 4.66. The summed E-state index contributed by atoms with van der Waals surface area (Å²) in [6.45, 7) is 0. The number of hydrogen-bond donors (Lipinski definition) is 2. The Morgan fingerprint density at radius 1 is 1.47 bits per heavy atom. The average Bonchev–Trinajstić information content (AvgIpc) is 2.41. The molecule has 5 heteroatoms. The van der Waals surface area contributed by atoms with Gasteiger partial charge in [-0.3, -0.25) is 4.79 Å². The Balaban J connectivity index is 2.06. The second-order valence-electron chi connectivity index (χ2n) is 4.92. The average molecular weight is 283 g/mol. The van der Waals surface area contributed by atoms with Crippen LogP contribution in [0.4, 0.5) is 5.69 Å². The van der Waals surface area contributed by atoms with Gasteiger partial charge in [0.05, 0.1) is 16.7 Å². The van der Waals surface area contributed by atoms with Gasteiger partial charge in [-0.2, -0.15) is 0 Å². The lowest BCUT2D eigenvalue weighted by Crippen LogP contribution is -2.31. The van der Waals surface area contributed by atoms with Crippen molar-refractivity contribution in [3.63, 3.8) is 0 Å². The van der Waals surface area contributed by atoms with E-state index in [2.05, 4.69) is 5.32 Å². The van der Waals surface area contributed by atoms with E-state index >= 15 is 0 Å². The van der Waals surface area contributed by atoms with Gasteiger partial charge in [-0.1, -0.05) is 11.6 Å². The molecule has 4 nitrogen and oxygen atoms in total. The fourth-order valence-electron chi connectivity index (χ4n) is 2.53. The number of hydrogen-bond acceptors (Lipinski definition) is 3. The third-order valence-corrected chi connectivity index (χ3v) is 3.89. The Hall–Kier alpha value is -1.26. The number of methoxy groups -OCH3 is 1. The number of anilines is 1. The van der Waals surface area contributed by atoms with Crippen LogP contribution in [0.5, 0.6) is 0 Å². The third kappa shape index (κ3) is 3.61. The molecule has 0 aliphatic heterocycles. The topological polar surface area (TPSA) is 64.3 Å². The van der Waals surface area contributed by atoms with Gasteiger partial charge in [0, 0.05) is 18.8 Å². The van der Waals surface area contributed by atoms with Gasteiger partial charge in [0.2, 0.25) is 5.91 Å². The minimum atomic E-state index is -0.507. The highest BCUT2D eigenvalue weighted by Crippen LogP contribution is 2.26. The number of primary amides is 1. The summed E-state index contributed by atoms with van der Waals surface area (Å²) in [5, 5.41) is 3.81. The molecule has 1 fully saturated rings. The first-order valence-corrected chi connectivity index (χ1v) is 6.86. The summed E-state index contributed by atoms with van der Waals surface area (Å²) in [6.07, 6.45) is 4.66. The monoisotopic (exact) mass is 282 g/mol. The molecule has 1 amide bonds. The maximum atomic E-state index is 11.3. The second-order valence-corrected chi connectivity index (χ2v) is 5.33. The minimum absolute atomic E-state index is 0.314. The van der Waals surface area contributed by atoms with Crippen molar-refractivity contribution in [2.45, 2.75) is 37.8 Å². The van der Waals surface area contributed by atoms with Gasteiger partial charge in [-0.05, 0) is 43.9 Å². The number of carbonyl (C=O) groups is 1. The first kappa shape index (κ1) is 14.2. The molecule has 2 rings (SSSR count). The number of carbonyl (C=O) groups excluding carboxylic acids is 1. The van der Waals surface area contributed by atoms with Crippen molar-refractivity contribution in [3.05, 3.63) is 28.8 Å². The SMILES string of the molecule is COC1CCCC(Nc2ccc(Cl)c(C(N)=O)c2)C1. The van der Waals surface area contributed by atoms with Gasteiger partial charge in [-0.15, -0.1) is 0 Å². The zero-order valence-corrected chi connectivity index (χ0v) is 11.7. The molecule has 1 aliphatic carbocycles. The molecule has 2 unspecified atom stereocenters. The maximum absolute atomic E-state index is 11.3. The van der Waals surface area contributed by atoms with Crippen molar-refractivity contribution in [1.29, 1.82) is 0 Å². The largest absolute Gasteiger partial charge is 0.382 e. The Morgan fingerprint density at radius 3 is 2.95 bits per heavy atom. The third-order valence-electron chi connectivity index (χ3n) is 3.56. The summed E-state index contributed by atoms with van der Waals surface area (Å²) in [5.74, 6) is -0.507. The molecule has 0 aromatic heterocycles. The number of amides is 1. The molecule has 0 radical (unpaired) electrons. The van der Waals surface area contributed by atoms with E-state index in [9.17, 15) is 4.79 Å². The standard InChI is InChI=1S/C14H19ClN2O2/c1-19-11-4-2-3-9(7-11)17-10-5-6-13(15)12(8-10)14(16)18/h5-6,8-9,11,17H,2-4,7H2,1H3,(H2,16,18). The number of benzene rings is 1. The predicted octanol–water partition coefficient (Wildman–Crippen LogP) is 2.81. The molecular weight excluding hydrogens is 264 g/mol. The van der Waals surface area contributed by atoms with Crippen LogP contribution >= 0.6 is 11.6 Å². The lowest BCUT2D eigenvalue weighted by Gasteiger charge is -2.29. The van der Waals surface area contributed by atoms with Crippen molar-refractivity contribution in [1.82, 2.24) is 0 Å². The molecule has 0 spiro atoms. The van der Waals surface area contributed by atoms with Crippen LogP contribution in [0.1, 0.15) is 36.0 Å². The fourth-order valence-corrected chi connectivity index (χ4v) is 2.74. The van der Waals surface area contributed by atoms with E-state index in [4.69, 9.17) is 22.1 Å². The van der Waals surface area contributed by atoms with Crippen LogP contribution in [-0.4, -0.2) is 25.2 Å². The minimum Gasteiger partial charge on any atom is -0.382 e. The van der Waals surface area contributed by atoms with Crippen molar-refractivity contribution < 1.29 is 9.53 Å². The maximum Gasteiger partial charge on any atom is 0.250 e.